The zero-order valence-corrected chi connectivity index (χ0v) is 9.78. The van der Waals surface area contributed by atoms with Crippen molar-refractivity contribution in [2.45, 2.75) is 20.0 Å². The monoisotopic (exact) mass is 254 g/mol. The van der Waals surface area contributed by atoms with E-state index in [9.17, 15) is 13.6 Å². The lowest BCUT2D eigenvalue weighted by molar-refractivity contribution is -0.141. The summed E-state index contributed by atoms with van der Waals surface area (Å²) in [6.07, 6.45) is 0.00310. The third-order valence-corrected chi connectivity index (χ3v) is 1.85. The first kappa shape index (κ1) is 14.0. The van der Waals surface area contributed by atoms with Crippen molar-refractivity contribution in [3.63, 3.8) is 0 Å². The van der Waals surface area contributed by atoms with E-state index in [0.29, 0.717) is 12.2 Å². The number of hydrogen-bond donors (Lipinski definition) is 0. The van der Waals surface area contributed by atoms with E-state index in [2.05, 4.69) is 16.6 Å². The molecule has 0 saturated carbocycles. The quantitative estimate of drug-likeness (QED) is 0.612. The van der Waals surface area contributed by atoms with Gasteiger partial charge in [-0.15, -0.1) is 0 Å². The normalized spacial score (nSPS) is 9.56. The van der Waals surface area contributed by atoms with Crippen LogP contribution in [0.25, 0.3) is 0 Å². The van der Waals surface area contributed by atoms with Gasteiger partial charge in [-0.25, -0.2) is 0 Å². The second-order valence-electron chi connectivity index (χ2n) is 3.19. The van der Waals surface area contributed by atoms with E-state index in [0.717, 1.165) is 0 Å². The molecule has 0 atom stereocenters. The number of carbonyl (C=O) groups is 1. The number of esters is 1. The number of hydrogen-bond acceptors (Lipinski definition) is 3. The second kappa shape index (κ2) is 7.28. The fourth-order valence-electron chi connectivity index (χ4n) is 1.15. The highest BCUT2D eigenvalue weighted by Crippen LogP contribution is 2.14. The Bertz CT molecular complexity index is 444. The molecule has 96 valence electrons. The maximum Gasteiger partial charge on any atom is 0.387 e. The predicted octanol–water partition coefficient (Wildman–Crippen LogP) is 2.59. The van der Waals surface area contributed by atoms with E-state index in [1.165, 1.54) is 24.3 Å². The Morgan fingerprint density at radius 2 is 2.00 bits per heavy atom. The van der Waals surface area contributed by atoms with Crippen molar-refractivity contribution in [3.05, 3.63) is 29.8 Å². The molecule has 0 aliphatic carbocycles. The average molecular weight is 254 g/mol. The molecule has 0 saturated heterocycles. The fourth-order valence-corrected chi connectivity index (χ4v) is 1.15. The maximum atomic E-state index is 11.9. The lowest BCUT2D eigenvalue weighted by atomic mass is 10.2. The van der Waals surface area contributed by atoms with Gasteiger partial charge in [-0.05, 0) is 31.2 Å². The van der Waals surface area contributed by atoms with Gasteiger partial charge in [0.15, 0.2) is 0 Å². The number of carbonyl (C=O) groups excluding carboxylic acids is 1. The first-order valence-electron chi connectivity index (χ1n) is 5.31. The van der Waals surface area contributed by atoms with Crippen LogP contribution in [0.1, 0.15) is 18.9 Å². The summed E-state index contributed by atoms with van der Waals surface area (Å²) in [6.45, 7) is -0.807. The first-order chi connectivity index (χ1) is 8.61. The molecule has 0 spiro atoms. The average Bonchev–Trinajstić information content (AvgIpc) is 2.31. The number of ether oxygens (including phenoxy) is 2. The highest BCUT2D eigenvalue weighted by Gasteiger charge is 2.02. The van der Waals surface area contributed by atoms with Gasteiger partial charge >= 0.3 is 12.6 Å². The summed E-state index contributed by atoms with van der Waals surface area (Å²) in [4.78, 5) is 11.0. The summed E-state index contributed by atoms with van der Waals surface area (Å²) < 4.78 is 32.7. The molecule has 5 heteroatoms. The van der Waals surface area contributed by atoms with E-state index >= 15 is 0 Å². The van der Waals surface area contributed by atoms with E-state index in [1.807, 2.05) is 0 Å². The van der Waals surface area contributed by atoms with Crippen molar-refractivity contribution in [1.82, 2.24) is 0 Å². The fraction of sp³-hybridized carbons (Fsp3) is 0.308. The van der Waals surface area contributed by atoms with Gasteiger partial charge < -0.3 is 9.47 Å². The first-order valence-corrected chi connectivity index (χ1v) is 5.31. The standard InChI is InChI=1S/C13H12F2O3/c1-2-17-12(16)5-3-4-10-6-8-11(9-7-10)18-13(14)15/h6-9,13H,2,5H2,1H3. The number of halogens is 2. The molecule has 0 radical (unpaired) electrons. The Hall–Kier alpha value is -2.09. The molecule has 0 unspecified atom stereocenters. The van der Waals surface area contributed by atoms with Crippen LogP contribution in [0, 0.1) is 11.8 Å². The topological polar surface area (TPSA) is 35.5 Å². The predicted molar refractivity (Wildman–Crippen MR) is 61.2 cm³/mol. The van der Waals surface area contributed by atoms with E-state index in [1.54, 1.807) is 6.92 Å². The van der Waals surface area contributed by atoms with Gasteiger partial charge in [0, 0.05) is 5.56 Å². The van der Waals surface area contributed by atoms with E-state index < -0.39 is 6.61 Å². The Labute approximate surface area is 104 Å². The van der Waals surface area contributed by atoms with Gasteiger partial charge in [-0.2, -0.15) is 8.78 Å². The van der Waals surface area contributed by atoms with Gasteiger partial charge in [-0.1, -0.05) is 11.8 Å². The van der Waals surface area contributed by atoms with Crippen LogP contribution in [0.3, 0.4) is 0 Å². The molecule has 0 aromatic heterocycles. The maximum absolute atomic E-state index is 11.9. The van der Waals surface area contributed by atoms with Gasteiger partial charge in [0.05, 0.1) is 6.61 Å². The summed E-state index contributed by atoms with van der Waals surface area (Å²) in [5, 5.41) is 0. The van der Waals surface area contributed by atoms with Gasteiger partial charge in [0.2, 0.25) is 0 Å². The molecule has 0 heterocycles. The zero-order valence-electron chi connectivity index (χ0n) is 9.78. The molecular weight excluding hydrogens is 242 g/mol. The minimum atomic E-state index is -2.84. The van der Waals surface area contributed by atoms with Crippen molar-refractivity contribution in [2.24, 2.45) is 0 Å². The van der Waals surface area contributed by atoms with Crippen LogP contribution in [0.15, 0.2) is 24.3 Å². The van der Waals surface area contributed by atoms with E-state index in [-0.39, 0.29) is 18.1 Å². The molecule has 0 bridgehead atoms. The van der Waals surface area contributed by atoms with Crippen molar-refractivity contribution >= 4 is 5.97 Å². The zero-order chi connectivity index (χ0) is 13.4. The second-order valence-corrected chi connectivity index (χ2v) is 3.19. The van der Waals surface area contributed by atoms with Crippen LogP contribution in [0.5, 0.6) is 5.75 Å². The Kier molecular flexibility index (Phi) is 5.65. The highest BCUT2D eigenvalue weighted by atomic mass is 19.3. The number of alkyl halides is 2. The van der Waals surface area contributed by atoms with Crippen molar-refractivity contribution < 1.29 is 23.0 Å². The summed E-state index contributed by atoms with van der Waals surface area (Å²) in [6, 6.07) is 5.85. The van der Waals surface area contributed by atoms with Crippen LogP contribution < -0.4 is 4.74 Å². The SMILES string of the molecule is CCOC(=O)CC#Cc1ccc(OC(F)F)cc1. The third-order valence-electron chi connectivity index (χ3n) is 1.85. The Morgan fingerprint density at radius 3 is 2.56 bits per heavy atom. The molecule has 0 amide bonds. The molecule has 1 aromatic carbocycles. The molecular formula is C13H12F2O3. The molecule has 0 aliphatic rings. The molecule has 18 heavy (non-hydrogen) atoms. The van der Waals surface area contributed by atoms with Crippen LogP contribution >= 0.6 is 0 Å². The molecule has 0 fully saturated rings. The number of rotatable bonds is 4. The Balaban J connectivity index is 2.53. The number of benzene rings is 1. The van der Waals surface area contributed by atoms with Crippen LogP contribution in [0.4, 0.5) is 8.78 Å². The summed E-state index contributed by atoms with van der Waals surface area (Å²) in [5.41, 5.74) is 0.612. The third kappa shape index (κ3) is 5.30. The smallest absolute Gasteiger partial charge is 0.387 e. The van der Waals surface area contributed by atoms with Crippen LogP contribution in [-0.2, 0) is 9.53 Å². The molecule has 3 nitrogen and oxygen atoms in total. The van der Waals surface area contributed by atoms with Crippen molar-refractivity contribution in [2.75, 3.05) is 6.61 Å². The summed E-state index contributed by atoms with van der Waals surface area (Å²) >= 11 is 0. The molecule has 0 aliphatic heterocycles. The van der Waals surface area contributed by atoms with Crippen molar-refractivity contribution in [3.8, 4) is 17.6 Å². The highest BCUT2D eigenvalue weighted by molar-refractivity contribution is 5.72. The summed E-state index contributed by atoms with van der Waals surface area (Å²) in [5.74, 6) is 5.04. The largest absolute Gasteiger partial charge is 0.465 e. The molecule has 1 aromatic rings. The van der Waals surface area contributed by atoms with Gasteiger partial charge in [-0.3, -0.25) is 4.79 Å². The summed E-state index contributed by atoms with van der Waals surface area (Å²) in [7, 11) is 0. The minimum Gasteiger partial charge on any atom is -0.465 e. The lowest BCUT2D eigenvalue weighted by Gasteiger charge is -2.03. The van der Waals surface area contributed by atoms with Crippen LogP contribution in [-0.4, -0.2) is 19.2 Å². The lowest BCUT2D eigenvalue weighted by Crippen LogP contribution is -2.02. The van der Waals surface area contributed by atoms with Crippen LogP contribution in [0.2, 0.25) is 0 Å². The Morgan fingerprint density at radius 1 is 1.33 bits per heavy atom. The minimum absolute atomic E-state index is 0.00310. The van der Waals surface area contributed by atoms with Gasteiger partial charge in [0.25, 0.3) is 0 Å². The molecule has 1 rings (SSSR count). The molecule has 0 N–H and O–H groups in total. The van der Waals surface area contributed by atoms with E-state index in [4.69, 9.17) is 4.74 Å². The van der Waals surface area contributed by atoms with Crippen molar-refractivity contribution in [1.29, 1.82) is 0 Å². The van der Waals surface area contributed by atoms with Gasteiger partial charge in [0.1, 0.15) is 12.2 Å².